The van der Waals surface area contributed by atoms with Gasteiger partial charge in [0.2, 0.25) is 0 Å². The molecule has 0 amide bonds. The smallest absolute Gasteiger partial charge is 0.327 e. The van der Waals surface area contributed by atoms with Gasteiger partial charge >= 0.3 is 5.97 Å². The Labute approximate surface area is 287 Å². The van der Waals surface area contributed by atoms with Crippen LogP contribution in [0.4, 0.5) is 0 Å². The molecule has 0 fully saturated rings. The topological polar surface area (TPSA) is 61.5 Å². The summed E-state index contributed by atoms with van der Waals surface area (Å²) in [5, 5.41) is 0.462. The summed E-state index contributed by atoms with van der Waals surface area (Å²) < 4.78 is 13.8. The van der Waals surface area contributed by atoms with Gasteiger partial charge in [0.25, 0.3) is 0 Å². The van der Waals surface area contributed by atoms with Crippen molar-refractivity contribution in [2.45, 2.75) is 37.2 Å². The number of hydrogen-bond acceptors (Lipinski definition) is 4. The van der Waals surface area contributed by atoms with Crippen LogP contribution in [0.2, 0.25) is 5.02 Å². The van der Waals surface area contributed by atoms with Crippen LogP contribution in [0, 0.1) is 6.92 Å². The largest absolute Gasteiger partial charge is 0.443 e. The molecule has 0 aliphatic carbocycles. The zero-order chi connectivity index (χ0) is 33.6. The van der Waals surface area contributed by atoms with Crippen molar-refractivity contribution in [3.63, 3.8) is 0 Å². The summed E-state index contributed by atoms with van der Waals surface area (Å²) >= 11 is 6.91. The van der Waals surface area contributed by atoms with E-state index < -0.39 is 29.3 Å². The van der Waals surface area contributed by atoms with Gasteiger partial charge in [-0.2, -0.15) is 0 Å². The highest BCUT2D eigenvalue weighted by molar-refractivity contribution is 6.31. The first-order valence-corrected chi connectivity index (χ1v) is 16.4. The fourth-order valence-corrected chi connectivity index (χ4v) is 6.61. The van der Waals surface area contributed by atoms with Gasteiger partial charge in [0, 0.05) is 21.7 Å². The third-order valence-corrected chi connectivity index (χ3v) is 9.16. The molecule has 240 valence electrons. The highest BCUT2D eigenvalue weighted by atomic mass is 35.5. The molecule has 2 N–H and O–H groups in total. The number of carbonyl (C=O) groups is 1. The van der Waals surface area contributed by atoms with Gasteiger partial charge in [-0.05, 0) is 36.6 Å². The fourth-order valence-electron chi connectivity index (χ4n) is 6.34. The monoisotopic (exact) mass is 651 g/mol. The maximum Gasteiger partial charge on any atom is 0.327 e. The van der Waals surface area contributed by atoms with Crippen molar-refractivity contribution >= 4 is 17.6 Å². The summed E-state index contributed by atoms with van der Waals surface area (Å²) in [5.41, 5.74) is 10.3. The second kappa shape index (κ2) is 14.4. The number of hydrogen-bond donors (Lipinski definition) is 1. The Bertz CT molecular complexity index is 1840. The third kappa shape index (κ3) is 6.31. The number of nitrogens with two attached hydrogens (primary N) is 1. The number of aryl methyl sites for hydroxylation is 1. The second-order valence-electron chi connectivity index (χ2n) is 11.9. The number of halogens is 1. The van der Waals surface area contributed by atoms with Gasteiger partial charge < -0.3 is 15.2 Å². The normalized spacial score (nSPS) is 14.0. The summed E-state index contributed by atoms with van der Waals surface area (Å²) in [6, 6.07) is 53.9. The van der Waals surface area contributed by atoms with E-state index in [9.17, 15) is 4.79 Å². The predicted octanol–water partition coefficient (Wildman–Crippen LogP) is 9.21. The zero-order valence-corrected chi connectivity index (χ0v) is 27.8. The Morgan fingerprint density at radius 2 is 0.938 bits per heavy atom. The van der Waals surface area contributed by atoms with Gasteiger partial charge in [0.15, 0.2) is 5.60 Å². The molecule has 0 radical (unpaired) electrons. The minimum Gasteiger partial charge on any atom is -0.443 e. The van der Waals surface area contributed by atoms with Crippen LogP contribution in [0.25, 0.3) is 0 Å². The molecule has 48 heavy (non-hydrogen) atoms. The van der Waals surface area contributed by atoms with Crippen LogP contribution in [0.15, 0.2) is 170 Å². The Morgan fingerprint density at radius 1 is 0.562 bits per heavy atom. The van der Waals surface area contributed by atoms with Crippen LogP contribution in [-0.2, 0) is 25.5 Å². The van der Waals surface area contributed by atoms with Crippen molar-refractivity contribution in [2.75, 3.05) is 0 Å². The molecule has 6 aromatic carbocycles. The van der Waals surface area contributed by atoms with Gasteiger partial charge in [-0.25, -0.2) is 0 Å². The van der Waals surface area contributed by atoms with E-state index in [1.54, 1.807) is 6.07 Å². The van der Waals surface area contributed by atoms with Crippen molar-refractivity contribution in [2.24, 2.45) is 5.73 Å². The van der Waals surface area contributed by atoms with Crippen LogP contribution >= 0.6 is 11.6 Å². The molecule has 0 spiro atoms. The zero-order valence-electron chi connectivity index (χ0n) is 27.0. The lowest BCUT2D eigenvalue weighted by molar-refractivity contribution is -0.161. The van der Waals surface area contributed by atoms with E-state index in [1.807, 2.05) is 178 Å². The Hall–Kier alpha value is -5.00. The van der Waals surface area contributed by atoms with E-state index in [0.717, 1.165) is 33.4 Å². The number of benzene rings is 6. The maximum absolute atomic E-state index is 14.5. The molecule has 6 rings (SSSR count). The standard InChI is InChI=1S/C43H38ClNO3/c1-31-27-29-37(30-28-31)43(36-23-13-6-14-24-36,38-25-15-16-26-39(38)44)48-41(46)40(45)32(2)47-42(33-17-7-3-8-18-33,34-19-9-4-10-20-34)35-21-11-5-12-22-35/h3-30,32,40H,45H2,1-2H3/t32-,40+,43?/m1/s1. The molecular weight excluding hydrogens is 614 g/mol. The summed E-state index contributed by atoms with van der Waals surface area (Å²) in [7, 11) is 0. The minimum atomic E-state index is -1.39. The quantitative estimate of drug-likeness (QED) is 0.112. The van der Waals surface area contributed by atoms with Crippen LogP contribution in [0.3, 0.4) is 0 Å². The Balaban J connectivity index is 1.45. The molecule has 4 nitrogen and oxygen atoms in total. The van der Waals surface area contributed by atoms with E-state index in [0.29, 0.717) is 10.6 Å². The van der Waals surface area contributed by atoms with Gasteiger partial charge in [-0.3, -0.25) is 4.79 Å². The lowest BCUT2D eigenvalue weighted by Gasteiger charge is -2.40. The highest BCUT2D eigenvalue weighted by Gasteiger charge is 2.46. The fraction of sp³-hybridized carbons (Fsp3) is 0.140. The van der Waals surface area contributed by atoms with Crippen LogP contribution in [0.5, 0.6) is 0 Å². The number of rotatable bonds is 11. The molecule has 0 saturated heterocycles. The predicted molar refractivity (Wildman–Crippen MR) is 193 cm³/mol. The van der Waals surface area contributed by atoms with Gasteiger partial charge in [-0.15, -0.1) is 0 Å². The summed E-state index contributed by atoms with van der Waals surface area (Å²) in [6.45, 7) is 3.84. The van der Waals surface area contributed by atoms with E-state index in [2.05, 4.69) is 0 Å². The average Bonchev–Trinajstić information content (AvgIpc) is 3.14. The average molecular weight is 652 g/mol. The molecule has 1 unspecified atom stereocenters. The van der Waals surface area contributed by atoms with E-state index in [1.165, 1.54) is 0 Å². The van der Waals surface area contributed by atoms with Crippen molar-refractivity contribution in [3.05, 3.63) is 214 Å². The van der Waals surface area contributed by atoms with Crippen molar-refractivity contribution in [1.29, 1.82) is 0 Å². The van der Waals surface area contributed by atoms with E-state index in [-0.39, 0.29) is 0 Å². The number of esters is 1. The lowest BCUT2D eigenvalue weighted by atomic mass is 9.79. The first-order chi connectivity index (χ1) is 23.4. The van der Waals surface area contributed by atoms with Gasteiger partial charge in [0.1, 0.15) is 11.6 Å². The van der Waals surface area contributed by atoms with Crippen molar-refractivity contribution in [1.82, 2.24) is 0 Å². The molecule has 0 aromatic heterocycles. The molecule has 0 saturated carbocycles. The third-order valence-electron chi connectivity index (χ3n) is 8.83. The van der Waals surface area contributed by atoms with Gasteiger partial charge in [-0.1, -0.05) is 181 Å². The molecular formula is C43H38ClNO3. The SMILES string of the molecule is Cc1ccc(C(OC(=O)[C@@H](N)[C@@H](C)OC(c2ccccc2)(c2ccccc2)c2ccccc2)(c2ccccc2)c2ccccc2Cl)cc1. The Kier molecular flexibility index (Phi) is 9.88. The first-order valence-electron chi connectivity index (χ1n) is 16.1. The molecule has 0 aliphatic heterocycles. The number of carbonyl (C=O) groups excluding carboxylic acids is 1. The molecule has 0 bridgehead atoms. The highest BCUT2D eigenvalue weighted by Crippen LogP contribution is 2.45. The maximum atomic E-state index is 14.5. The molecule has 6 aromatic rings. The molecule has 0 aliphatic rings. The minimum absolute atomic E-state index is 0.462. The Morgan fingerprint density at radius 3 is 1.38 bits per heavy atom. The molecule has 5 heteroatoms. The van der Waals surface area contributed by atoms with Crippen LogP contribution in [-0.4, -0.2) is 18.1 Å². The van der Waals surface area contributed by atoms with Crippen LogP contribution in [0.1, 0.15) is 45.9 Å². The summed E-state index contributed by atoms with van der Waals surface area (Å²) in [6.07, 6.45) is -0.796. The summed E-state index contributed by atoms with van der Waals surface area (Å²) in [4.78, 5) is 14.5. The lowest BCUT2D eigenvalue weighted by Crippen LogP contribution is -2.50. The summed E-state index contributed by atoms with van der Waals surface area (Å²) in [5.74, 6) is -0.630. The van der Waals surface area contributed by atoms with E-state index >= 15 is 0 Å². The van der Waals surface area contributed by atoms with E-state index in [4.69, 9.17) is 26.8 Å². The first kappa shape index (κ1) is 32.9. The molecule has 0 heterocycles. The second-order valence-corrected chi connectivity index (χ2v) is 12.3. The number of ether oxygens (including phenoxy) is 2. The molecule has 3 atom stereocenters. The van der Waals surface area contributed by atoms with Crippen LogP contribution < -0.4 is 5.73 Å². The van der Waals surface area contributed by atoms with Gasteiger partial charge in [0.05, 0.1) is 6.10 Å². The van der Waals surface area contributed by atoms with Crippen molar-refractivity contribution in [3.8, 4) is 0 Å². The van der Waals surface area contributed by atoms with Crippen molar-refractivity contribution < 1.29 is 14.3 Å².